The standard InChI is InChI=1S/C13H12NO/c1-10-2-6-12(7-3-10)15-13-8-4-11(14)5-9-13/h2-9,14H,1H3. The molecule has 2 aromatic carbocycles. The van der Waals surface area contributed by atoms with Crippen molar-refractivity contribution in [2.75, 3.05) is 0 Å². The van der Waals surface area contributed by atoms with Crippen molar-refractivity contribution in [3.63, 3.8) is 0 Å². The molecule has 0 fully saturated rings. The molecule has 1 N–H and O–H groups in total. The van der Waals surface area contributed by atoms with E-state index in [1.807, 2.05) is 31.2 Å². The Bertz CT molecular complexity index is 388. The largest absolute Gasteiger partial charge is 0.457 e. The summed E-state index contributed by atoms with van der Waals surface area (Å²) in [6.45, 7) is 2.04. The highest BCUT2D eigenvalue weighted by Gasteiger charge is 1.96. The van der Waals surface area contributed by atoms with Crippen LogP contribution < -0.4 is 10.5 Å². The lowest BCUT2D eigenvalue weighted by Gasteiger charge is -2.05. The van der Waals surface area contributed by atoms with Crippen LogP contribution in [0, 0.1) is 6.92 Å². The van der Waals surface area contributed by atoms with E-state index in [1.165, 1.54) is 5.56 Å². The van der Waals surface area contributed by atoms with Gasteiger partial charge >= 0.3 is 0 Å². The van der Waals surface area contributed by atoms with Crippen LogP contribution in [-0.4, -0.2) is 0 Å². The van der Waals surface area contributed by atoms with E-state index < -0.39 is 0 Å². The molecule has 2 heteroatoms. The third-order valence-corrected chi connectivity index (χ3v) is 2.11. The molecule has 0 aliphatic heterocycles. The maximum absolute atomic E-state index is 7.34. The number of hydrogen-bond acceptors (Lipinski definition) is 1. The molecule has 0 saturated carbocycles. The number of ether oxygens (including phenoxy) is 1. The van der Waals surface area contributed by atoms with Gasteiger partial charge in [-0.25, -0.2) is 0 Å². The lowest BCUT2D eigenvalue weighted by atomic mass is 10.2. The zero-order valence-electron chi connectivity index (χ0n) is 8.53. The average Bonchev–Trinajstić information content (AvgIpc) is 2.25. The van der Waals surface area contributed by atoms with E-state index in [0.29, 0.717) is 5.69 Å². The van der Waals surface area contributed by atoms with Gasteiger partial charge in [0.25, 0.3) is 0 Å². The zero-order valence-corrected chi connectivity index (χ0v) is 8.53. The first-order chi connectivity index (χ1) is 7.24. The lowest BCUT2D eigenvalue weighted by Crippen LogP contribution is -1.83. The molecule has 15 heavy (non-hydrogen) atoms. The highest BCUT2D eigenvalue weighted by atomic mass is 16.5. The quantitative estimate of drug-likeness (QED) is 0.724. The number of benzene rings is 2. The molecule has 0 aliphatic carbocycles. The number of hydrogen-bond donors (Lipinski definition) is 0. The van der Waals surface area contributed by atoms with E-state index >= 15 is 0 Å². The van der Waals surface area contributed by atoms with Crippen molar-refractivity contribution in [3.05, 3.63) is 54.1 Å². The van der Waals surface area contributed by atoms with Crippen molar-refractivity contribution in [1.82, 2.24) is 5.73 Å². The summed E-state index contributed by atoms with van der Waals surface area (Å²) in [7, 11) is 0. The van der Waals surface area contributed by atoms with E-state index in [-0.39, 0.29) is 0 Å². The van der Waals surface area contributed by atoms with Gasteiger partial charge in [0.2, 0.25) is 0 Å². The summed E-state index contributed by atoms with van der Waals surface area (Å²) >= 11 is 0. The van der Waals surface area contributed by atoms with Crippen LogP contribution >= 0.6 is 0 Å². The van der Waals surface area contributed by atoms with Gasteiger partial charge in [0.1, 0.15) is 11.5 Å². The molecule has 0 spiro atoms. The maximum atomic E-state index is 7.34. The molecular weight excluding hydrogens is 186 g/mol. The van der Waals surface area contributed by atoms with Crippen LogP contribution in [0.1, 0.15) is 5.56 Å². The predicted molar refractivity (Wildman–Crippen MR) is 60.5 cm³/mol. The third kappa shape index (κ3) is 2.50. The smallest absolute Gasteiger partial charge is 0.127 e. The normalized spacial score (nSPS) is 9.93. The minimum atomic E-state index is 0.492. The van der Waals surface area contributed by atoms with Gasteiger partial charge in [0.05, 0.1) is 5.69 Å². The van der Waals surface area contributed by atoms with Crippen LogP contribution in [0.25, 0.3) is 0 Å². The van der Waals surface area contributed by atoms with Gasteiger partial charge in [-0.1, -0.05) is 17.7 Å². The van der Waals surface area contributed by atoms with Crippen LogP contribution in [-0.2, 0) is 0 Å². The van der Waals surface area contributed by atoms with Crippen molar-refractivity contribution >= 4 is 5.69 Å². The Balaban J connectivity index is 2.15. The Morgan fingerprint density at radius 2 is 1.27 bits per heavy atom. The van der Waals surface area contributed by atoms with E-state index in [2.05, 4.69) is 0 Å². The molecule has 0 saturated heterocycles. The molecule has 1 radical (unpaired) electrons. The second kappa shape index (κ2) is 4.05. The summed E-state index contributed by atoms with van der Waals surface area (Å²) < 4.78 is 5.60. The highest BCUT2D eigenvalue weighted by Crippen LogP contribution is 2.22. The Labute approximate surface area is 89.3 Å². The lowest BCUT2D eigenvalue weighted by molar-refractivity contribution is 0.482. The summed E-state index contributed by atoms with van der Waals surface area (Å²) in [5.41, 5.74) is 9.05. The SMILES string of the molecule is Cc1ccc(Oc2ccc([NH])cc2)cc1. The van der Waals surface area contributed by atoms with Gasteiger partial charge in [-0.05, 0) is 43.3 Å². The van der Waals surface area contributed by atoms with E-state index in [1.54, 1.807) is 24.3 Å². The predicted octanol–water partition coefficient (Wildman–Crippen LogP) is 3.70. The summed E-state index contributed by atoms with van der Waals surface area (Å²) in [6, 6.07) is 14.9. The Morgan fingerprint density at radius 1 is 0.800 bits per heavy atom. The third-order valence-electron chi connectivity index (χ3n) is 2.11. The first-order valence-corrected chi connectivity index (χ1v) is 4.80. The minimum absolute atomic E-state index is 0.492. The van der Waals surface area contributed by atoms with Crippen LogP contribution in [0.4, 0.5) is 5.69 Å². The molecule has 2 rings (SSSR count). The van der Waals surface area contributed by atoms with Gasteiger partial charge in [-0.15, -0.1) is 0 Å². The van der Waals surface area contributed by atoms with Crippen molar-refractivity contribution in [2.24, 2.45) is 0 Å². The molecule has 0 atom stereocenters. The van der Waals surface area contributed by atoms with E-state index in [0.717, 1.165) is 11.5 Å². The van der Waals surface area contributed by atoms with Gasteiger partial charge in [0.15, 0.2) is 0 Å². The molecule has 75 valence electrons. The monoisotopic (exact) mass is 198 g/mol. The molecule has 0 bridgehead atoms. The first kappa shape index (κ1) is 9.59. The van der Waals surface area contributed by atoms with Gasteiger partial charge in [0, 0.05) is 0 Å². The van der Waals surface area contributed by atoms with Crippen LogP contribution in [0.15, 0.2) is 48.5 Å². The number of rotatable bonds is 2. The van der Waals surface area contributed by atoms with Gasteiger partial charge < -0.3 is 10.5 Å². The molecule has 0 aliphatic rings. The van der Waals surface area contributed by atoms with Crippen molar-refractivity contribution in [1.29, 1.82) is 0 Å². The van der Waals surface area contributed by atoms with Crippen LogP contribution in [0.2, 0.25) is 0 Å². The van der Waals surface area contributed by atoms with Crippen molar-refractivity contribution in [2.45, 2.75) is 6.92 Å². The number of nitrogens with one attached hydrogen (secondary N) is 1. The first-order valence-electron chi connectivity index (χ1n) is 4.80. The van der Waals surface area contributed by atoms with Gasteiger partial charge in [-0.2, -0.15) is 0 Å². The maximum Gasteiger partial charge on any atom is 0.127 e. The number of aryl methyl sites for hydroxylation is 1. The van der Waals surface area contributed by atoms with Gasteiger partial charge in [-0.3, -0.25) is 0 Å². The summed E-state index contributed by atoms with van der Waals surface area (Å²) in [5, 5.41) is 0. The second-order valence-electron chi connectivity index (χ2n) is 3.44. The highest BCUT2D eigenvalue weighted by molar-refractivity contribution is 5.40. The van der Waals surface area contributed by atoms with E-state index in [4.69, 9.17) is 10.5 Å². The summed E-state index contributed by atoms with van der Waals surface area (Å²) in [5.74, 6) is 1.58. The molecule has 2 nitrogen and oxygen atoms in total. The molecule has 0 aromatic heterocycles. The Morgan fingerprint density at radius 3 is 1.80 bits per heavy atom. The summed E-state index contributed by atoms with van der Waals surface area (Å²) in [4.78, 5) is 0. The van der Waals surface area contributed by atoms with Crippen LogP contribution in [0.3, 0.4) is 0 Å². The minimum Gasteiger partial charge on any atom is -0.457 e. The Hall–Kier alpha value is -1.96. The molecular formula is C13H12NO. The average molecular weight is 198 g/mol. The molecule has 0 heterocycles. The summed E-state index contributed by atoms with van der Waals surface area (Å²) in [6.07, 6.45) is 0. The fraction of sp³-hybridized carbons (Fsp3) is 0.0769. The topological polar surface area (TPSA) is 33.0 Å². The molecule has 0 amide bonds. The fourth-order valence-corrected chi connectivity index (χ4v) is 1.27. The molecule has 2 aromatic rings. The van der Waals surface area contributed by atoms with E-state index in [9.17, 15) is 0 Å². The fourth-order valence-electron chi connectivity index (χ4n) is 1.27. The molecule has 0 unspecified atom stereocenters. The van der Waals surface area contributed by atoms with Crippen LogP contribution in [0.5, 0.6) is 11.5 Å². The Kier molecular flexibility index (Phi) is 2.59. The van der Waals surface area contributed by atoms with Crippen molar-refractivity contribution < 1.29 is 4.74 Å². The zero-order chi connectivity index (χ0) is 10.7. The van der Waals surface area contributed by atoms with Crippen molar-refractivity contribution in [3.8, 4) is 11.5 Å². The second-order valence-corrected chi connectivity index (χ2v) is 3.44.